The average Bonchev–Trinajstić information content (AvgIpc) is 3.24. The van der Waals surface area contributed by atoms with Crippen LogP contribution in [-0.2, 0) is 4.79 Å². The lowest BCUT2D eigenvalue weighted by molar-refractivity contribution is -0.140. The predicted octanol–water partition coefficient (Wildman–Crippen LogP) is 1.98. The topological polar surface area (TPSA) is 105 Å². The second kappa shape index (κ2) is 8.32. The minimum absolute atomic E-state index is 0.00124. The summed E-state index contributed by atoms with van der Waals surface area (Å²) in [6.07, 6.45) is 1.40. The summed E-state index contributed by atoms with van der Waals surface area (Å²) < 4.78 is 42.8. The number of aromatic nitrogens is 2. The molecule has 3 atom stereocenters. The van der Waals surface area contributed by atoms with Crippen molar-refractivity contribution in [3.8, 4) is 0 Å². The van der Waals surface area contributed by atoms with Crippen LogP contribution in [0.2, 0.25) is 0 Å². The molecule has 1 aromatic heterocycles. The summed E-state index contributed by atoms with van der Waals surface area (Å²) in [5, 5.41) is 5.04. The number of carbonyl (C=O) groups is 2. The molecule has 0 aliphatic carbocycles. The Kier molecular flexibility index (Phi) is 5.57. The van der Waals surface area contributed by atoms with Crippen LogP contribution in [0.25, 0.3) is 0 Å². The van der Waals surface area contributed by atoms with E-state index >= 15 is 4.39 Å². The Morgan fingerprint density at radius 1 is 1.16 bits per heavy atom. The van der Waals surface area contributed by atoms with Crippen LogP contribution in [-0.4, -0.2) is 52.3 Å². The monoisotopic (exact) mass is 432 g/mol. The van der Waals surface area contributed by atoms with E-state index in [1.807, 2.05) is 0 Å². The molecule has 2 amide bonds. The molecule has 31 heavy (non-hydrogen) atoms. The van der Waals surface area contributed by atoms with E-state index in [4.69, 9.17) is 5.73 Å². The molecule has 3 heterocycles. The summed E-state index contributed by atoms with van der Waals surface area (Å²) in [6, 6.07) is 3.55. The first-order chi connectivity index (χ1) is 14.8. The van der Waals surface area contributed by atoms with Gasteiger partial charge in [0.2, 0.25) is 5.91 Å². The lowest BCUT2D eigenvalue weighted by atomic mass is 9.92. The molecule has 11 heteroatoms. The Labute approximate surface area is 175 Å². The van der Waals surface area contributed by atoms with Gasteiger partial charge in [0, 0.05) is 30.8 Å². The fourth-order valence-corrected chi connectivity index (χ4v) is 3.87. The largest absolute Gasteiger partial charge is 0.364 e. The summed E-state index contributed by atoms with van der Waals surface area (Å²) in [6.45, 7) is 0.157. The highest BCUT2D eigenvalue weighted by Gasteiger charge is 2.41. The lowest BCUT2D eigenvalue weighted by Gasteiger charge is -2.36. The van der Waals surface area contributed by atoms with Crippen LogP contribution in [0.5, 0.6) is 0 Å². The van der Waals surface area contributed by atoms with Gasteiger partial charge in [0.15, 0.2) is 0 Å². The number of nitrogens with zero attached hydrogens (tertiary/aromatic N) is 5. The highest BCUT2D eigenvalue weighted by molar-refractivity contribution is 5.91. The molecule has 8 nitrogen and oxygen atoms in total. The highest BCUT2D eigenvalue weighted by Crippen LogP contribution is 2.34. The molecule has 2 aromatic rings. The molecule has 4 rings (SSSR count). The Balaban J connectivity index is 1.49. The summed E-state index contributed by atoms with van der Waals surface area (Å²) in [5.74, 6) is -3.27. The van der Waals surface area contributed by atoms with Crippen molar-refractivity contribution in [1.29, 1.82) is 0 Å². The lowest BCUT2D eigenvalue weighted by Crippen LogP contribution is -2.48. The predicted molar refractivity (Wildman–Crippen MR) is 105 cm³/mol. The molecule has 2 aliphatic rings. The van der Waals surface area contributed by atoms with E-state index in [0.717, 1.165) is 29.5 Å². The summed E-state index contributed by atoms with van der Waals surface area (Å²) >= 11 is 0. The van der Waals surface area contributed by atoms with E-state index in [1.165, 1.54) is 12.3 Å². The molecular formula is C20H19F3N6O2. The molecule has 0 spiro atoms. The van der Waals surface area contributed by atoms with Crippen molar-refractivity contribution in [2.45, 2.75) is 25.1 Å². The Hall–Kier alpha value is -3.50. The number of primary amides is 1. The Bertz CT molecular complexity index is 1050. The van der Waals surface area contributed by atoms with Gasteiger partial charge in [-0.3, -0.25) is 9.59 Å². The SMILES string of the molecule is NC(=O)c1cc(N2CC[C@H](C(=O)N3N=CC[C@@H]3c3cc(F)ccc3F)[C@H](F)C2)ncn1. The standard InChI is InChI=1S/C20H19F3N6O2/c21-11-1-2-14(22)13(7-11)17-3-5-27-29(17)20(31)12-4-6-28(9-15(12)23)18-8-16(19(24)30)25-10-26-18/h1-2,5,7-8,10,12,15,17H,3-4,6,9H2,(H2,24,30)/t12-,15+,17+/m0/s1. The Morgan fingerprint density at radius 3 is 2.71 bits per heavy atom. The molecule has 0 radical (unpaired) electrons. The van der Waals surface area contributed by atoms with Gasteiger partial charge in [-0.1, -0.05) is 0 Å². The van der Waals surface area contributed by atoms with Crippen LogP contribution in [0, 0.1) is 17.6 Å². The van der Waals surface area contributed by atoms with Gasteiger partial charge in [-0.25, -0.2) is 28.1 Å². The number of alkyl halides is 1. The molecule has 162 valence electrons. The number of carbonyl (C=O) groups excluding carboxylic acids is 2. The van der Waals surface area contributed by atoms with Crippen LogP contribution in [0.3, 0.4) is 0 Å². The van der Waals surface area contributed by atoms with Crippen LogP contribution in [0.4, 0.5) is 19.0 Å². The first-order valence-electron chi connectivity index (χ1n) is 9.66. The molecular weight excluding hydrogens is 413 g/mol. The van der Waals surface area contributed by atoms with E-state index in [9.17, 15) is 18.4 Å². The molecule has 0 unspecified atom stereocenters. The zero-order valence-corrected chi connectivity index (χ0v) is 16.3. The van der Waals surface area contributed by atoms with E-state index in [-0.39, 0.29) is 30.6 Å². The molecule has 0 saturated carbocycles. The van der Waals surface area contributed by atoms with Crippen LogP contribution < -0.4 is 10.6 Å². The van der Waals surface area contributed by atoms with Crippen LogP contribution in [0.1, 0.15) is 34.9 Å². The molecule has 0 bridgehead atoms. The number of halogens is 3. The van der Waals surface area contributed by atoms with Crippen molar-refractivity contribution >= 4 is 23.8 Å². The minimum atomic E-state index is -1.55. The maximum Gasteiger partial charge on any atom is 0.267 e. The molecule has 1 aromatic carbocycles. The summed E-state index contributed by atoms with van der Waals surface area (Å²) in [7, 11) is 0. The van der Waals surface area contributed by atoms with Gasteiger partial charge < -0.3 is 10.6 Å². The van der Waals surface area contributed by atoms with E-state index in [0.29, 0.717) is 12.4 Å². The third-order valence-corrected chi connectivity index (χ3v) is 5.46. The van der Waals surface area contributed by atoms with E-state index in [1.54, 1.807) is 4.90 Å². The summed E-state index contributed by atoms with van der Waals surface area (Å²) in [5.41, 5.74) is 5.22. The zero-order valence-electron chi connectivity index (χ0n) is 16.3. The maximum absolute atomic E-state index is 15.0. The summed E-state index contributed by atoms with van der Waals surface area (Å²) in [4.78, 5) is 33.7. The second-order valence-electron chi connectivity index (χ2n) is 7.38. The van der Waals surface area contributed by atoms with Crippen LogP contribution in [0.15, 0.2) is 35.7 Å². The second-order valence-corrected chi connectivity index (χ2v) is 7.38. The number of piperidine rings is 1. The van der Waals surface area contributed by atoms with Crippen molar-refractivity contribution < 1.29 is 22.8 Å². The Morgan fingerprint density at radius 2 is 1.97 bits per heavy atom. The van der Waals surface area contributed by atoms with E-state index in [2.05, 4.69) is 15.1 Å². The number of anilines is 1. The number of hydrazone groups is 1. The van der Waals surface area contributed by atoms with Gasteiger partial charge in [-0.2, -0.15) is 5.10 Å². The van der Waals surface area contributed by atoms with Crippen molar-refractivity contribution in [1.82, 2.24) is 15.0 Å². The van der Waals surface area contributed by atoms with Crippen molar-refractivity contribution in [2.24, 2.45) is 16.8 Å². The third kappa shape index (κ3) is 4.07. The minimum Gasteiger partial charge on any atom is -0.364 e. The van der Waals surface area contributed by atoms with Crippen LogP contribution >= 0.6 is 0 Å². The number of nitrogens with two attached hydrogens (primary N) is 1. The average molecular weight is 432 g/mol. The molecule has 1 fully saturated rings. The number of amides is 2. The normalized spacial score (nSPS) is 23.3. The number of hydrogen-bond donors (Lipinski definition) is 1. The van der Waals surface area contributed by atoms with Gasteiger partial charge in [0.05, 0.1) is 18.5 Å². The highest BCUT2D eigenvalue weighted by atomic mass is 19.1. The van der Waals surface area contributed by atoms with E-state index < -0.39 is 41.6 Å². The molecule has 2 aliphatic heterocycles. The quantitative estimate of drug-likeness (QED) is 0.796. The van der Waals surface area contributed by atoms with Gasteiger partial charge >= 0.3 is 0 Å². The molecule has 2 N–H and O–H groups in total. The van der Waals surface area contributed by atoms with Gasteiger partial charge in [0.25, 0.3) is 5.91 Å². The third-order valence-electron chi connectivity index (χ3n) is 5.46. The number of rotatable bonds is 4. The van der Waals surface area contributed by atoms with Crippen molar-refractivity contribution in [3.05, 3.63) is 53.5 Å². The number of hydrogen-bond acceptors (Lipinski definition) is 6. The maximum atomic E-state index is 15.0. The smallest absolute Gasteiger partial charge is 0.267 e. The van der Waals surface area contributed by atoms with Gasteiger partial charge in [0.1, 0.15) is 35.6 Å². The van der Waals surface area contributed by atoms with Crippen molar-refractivity contribution in [3.63, 3.8) is 0 Å². The van der Waals surface area contributed by atoms with Gasteiger partial charge in [-0.05, 0) is 24.6 Å². The van der Waals surface area contributed by atoms with Crippen molar-refractivity contribution in [2.75, 3.05) is 18.0 Å². The first-order valence-corrected chi connectivity index (χ1v) is 9.66. The number of benzene rings is 1. The van der Waals surface area contributed by atoms with Gasteiger partial charge in [-0.15, -0.1) is 0 Å². The zero-order chi connectivity index (χ0) is 22.1. The molecule has 1 saturated heterocycles. The first kappa shape index (κ1) is 20.8. The fourth-order valence-electron chi connectivity index (χ4n) is 3.87. The fraction of sp³-hybridized carbons (Fsp3) is 0.350.